The first-order valence-corrected chi connectivity index (χ1v) is 15.2. The van der Waals surface area contributed by atoms with Crippen LogP contribution in [0, 0.1) is 0 Å². The molecule has 216 valence electrons. The molecule has 3 aromatic heterocycles. The van der Waals surface area contributed by atoms with E-state index >= 15 is 0 Å². The molecule has 0 amide bonds. The van der Waals surface area contributed by atoms with Gasteiger partial charge in [0.05, 0.1) is 11.4 Å². The molecule has 46 heavy (non-hydrogen) atoms. The van der Waals surface area contributed by atoms with Crippen LogP contribution in [0.3, 0.4) is 0 Å². The fraction of sp³-hybridized carbons (Fsp3) is 0. The molecule has 5 heteroatoms. The van der Waals surface area contributed by atoms with Crippen LogP contribution in [0.1, 0.15) is 0 Å². The third-order valence-corrected chi connectivity index (χ3v) is 8.34. The summed E-state index contributed by atoms with van der Waals surface area (Å²) in [4.78, 5) is 15.0. The molecular formula is C41H25N3O2. The molecule has 3 heterocycles. The SMILES string of the molecule is c1ccc(-c2cccc(-c3cc(-c4cccc5oc6ccc(-c7nc8ccccc8o7)cc6c45)nc(-c4ccccc4)n3)c2)cc1. The maximum Gasteiger partial charge on any atom is 0.227 e. The highest BCUT2D eigenvalue weighted by Crippen LogP contribution is 2.39. The number of oxazole rings is 1. The number of hydrogen-bond acceptors (Lipinski definition) is 5. The summed E-state index contributed by atoms with van der Waals surface area (Å²) in [6.45, 7) is 0. The molecule has 0 N–H and O–H groups in total. The first-order chi connectivity index (χ1) is 22.8. The molecule has 9 rings (SSSR count). The maximum atomic E-state index is 6.36. The fourth-order valence-electron chi connectivity index (χ4n) is 6.11. The van der Waals surface area contributed by atoms with Crippen LogP contribution in [-0.2, 0) is 0 Å². The maximum absolute atomic E-state index is 6.36. The highest BCUT2D eigenvalue weighted by molar-refractivity contribution is 6.13. The fourth-order valence-corrected chi connectivity index (χ4v) is 6.11. The molecule has 6 aromatic carbocycles. The first kappa shape index (κ1) is 26.1. The topological polar surface area (TPSA) is 65.0 Å². The molecule has 5 nitrogen and oxygen atoms in total. The Hall–Kier alpha value is -6.33. The van der Waals surface area contributed by atoms with Crippen LogP contribution in [0.4, 0.5) is 0 Å². The molecule has 0 aliphatic rings. The van der Waals surface area contributed by atoms with E-state index in [9.17, 15) is 0 Å². The van der Waals surface area contributed by atoms with Gasteiger partial charge in [-0.05, 0) is 59.7 Å². The van der Waals surface area contributed by atoms with Crippen LogP contribution < -0.4 is 0 Å². The number of benzene rings is 6. The second kappa shape index (κ2) is 10.7. The van der Waals surface area contributed by atoms with Crippen LogP contribution in [0.5, 0.6) is 0 Å². The van der Waals surface area contributed by atoms with Crippen LogP contribution >= 0.6 is 0 Å². The van der Waals surface area contributed by atoms with E-state index in [2.05, 4.69) is 66.7 Å². The van der Waals surface area contributed by atoms with E-state index in [4.69, 9.17) is 23.8 Å². The predicted octanol–water partition coefficient (Wildman–Crippen LogP) is 10.9. The summed E-state index contributed by atoms with van der Waals surface area (Å²) in [5.41, 5.74) is 10.9. The van der Waals surface area contributed by atoms with Crippen molar-refractivity contribution < 1.29 is 8.83 Å². The minimum atomic E-state index is 0.573. The van der Waals surface area contributed by atoms with Crippen molar-refractivity contribution in [3.8, 4) is 56.5 Å². The Kier molecular flexibility index (Phi) is 6.06. The number of fused-ring (bicyclic) bond motifs is 4. The Balaban J connectivity index is 1.25. The van der Waals surface area contributed by atoms with E-state index in [0.29, 0.717) is 11.7 Å². The molecular weight excluding hydrogens is 566 g/mol. The van der Waals surface area contributed by atoms with Crippen molar-refractivity contribution in [1.29, 1.82) is 0 Å². The van der Waals surface area contributed by atoms with Crippen molar-refractivity contribution in [3.63, 3.8) is 0 Å². The molecule has 0 saturated heterocycles. The first-order valence-electron chi connectivity index (χ1n) is 15.2. The Labute approximate surface area is 264 Å². The normalized spacial score (nSPS) is 11.5. The van der Waals surface area contributed by atoms with Crippen molar-refractivity contribution in [3.05, 3.63) is 152 Å². The Bertz CT molecular complexity index is 2500. The summed E-state index contributed by atoms with van der Waals surface area (Å²) in [5.74, 6) is 1.24. The summed E-state index contributed by atoms with van der Waals surface area (Å²) in [6.07, 6.45) is 0. The largest absolute Gasteiger partial charge is 0.456 e. The van der Waals surface area contributed by atoms with Crippen LogP contribution in [0.15, 0.2) is 160 Å². The quantitative estimate of drug-likeness (QED) is 0.199. The van der Waals surface area contributed by atoms with Crippen molar-refractivity contribution in [1.82, 2.24) is 15.0 Å². The number of furan rings is 1. The van der Waals surface area contributed by atoms with E-state index < -0.39 is 0 Å². The van der Waals surface area contributed by atoms with Gasteiger partial charge in [-0.1, -0.05) is 103 Å². The zero-order chi connectivity index (χ0) is 30.5. The van der Waals surface area contributed by atoms with Gasteiger partial charge in [0.2, 0.25) is 5.89 Å². The monoisotopic (exact) mass is 591 g/mol. The van der Waals surface area contributed by atoms with Gasteiger partial charge in [-0.15, -0.1) is 0 Å². The lowest BCUT2D eigenvalue weighted by Crippen LogP contribution is -1.96. The third kappa shape index (κ3) is 4.54. The molecule has 0 bridgehead atoms. The van der Waals surface area contributed by atoms with Gasteiger partial charge in [-0.2, -0.15) is 0 Å². The highest BCUT2D eigenvalue weighted by atomic mass is 16.3. The van der Waals surface area contributed by atoms with Crippen LogP contribution in [-0.4, -0.2) is 15.0 Å². The van der Waals surface area contributed by atoms with Gasteiger partial charge < -0.3 is 8.83 Å². The Morgan fingerprint density at radius 3 is 1.93 bits per heavy atom. The van der Waals surface area contributed by atoms with Gasteiger partial charge in [-0.25, -0.2) is 15.0 Å². The number of hydrogen-bond donors (Lipinski definition) is 0. The molecule has 0 saturated carbocycles. The zero-order valence-electron chi connectivity index (χ0n) is 24.6. The highest BCUT2D eigenvalue weighted by Gasteiger charge is 2.18. The van der Waals surface area contributed by atoms with Crippen LogP contribution in [0.2, 0.25) is 0 Å². The molecule has 0 atom stereocenters. The molecule has 0 aliphatic carbocycles. The van der Waals surface area contributed by atoms with Crippen molar-refractivity contribution in [2.75, 3.05) is 0 Å². The molecule has 0 spiro atoms. The lowest BCUT2D eigenvalue weighted by molar-refractivity contribution is 0.620. The molecule has 0 radical (unpaired) electrons. The van der Waals surface area contributed by atoms with E-state index in [-0.39, 0.29) is 0 Å². The van der Waals surface area contributed by atoms with E-state index in [1.54, 1.807) is 0 Å². The lowest BCUT2D eigenvalue weighted by Gasteiger charge is -2.11. The second-order valence-corrected chi connectivity index (χ2v) is 11.3. The standard InChI is InChI=1S/C41H25N3O2/c1-3-11-26(12-4-1)28-15-9-16-29(23-28)34-25-35(43-40(42-34)27-13-5-2-6-14-27)31-17-10-20-38-39(31)32-24-30(21-22-36(32)45-38)41-44-33-18-7-8-19-37(33)46-41/h1-25H. The summed E-state index contributed by atoms with van der Waals surface area (Å²) in [7, 11) is 0. The summed E-state index contributed by atoms with van der Waals surface area (Å²) < 4.78 is 12.5. The summed E-state index contributed by atoms with van der Waals surface area (Å²) >= 11 is 0. The summed E-state index contributed by atoms with van der Waals surface area (Å²) in [6, 6.07) is 51.1. The average Bonchev–Trinajstić information content (AvgIpc) is 3.74. The molecule has 9 aromatic rings. The summed E-state index contributed by atoms with van der Waals surface area (Å²) in [5, 5.41) is 1.95. The lowest BCUT2D eigenvalue weighted by atomic mass is 9.99. The smallest absolute Gasteiger partial charge is 0.227 e. The van der Waals surface area contributed by atoms with Gasteiger partial charge >= 0.3 is 0 Å². The zero-order valence-corrected chi connectivity index (χ0v) is 24.6. The van der Waals surface area contributed by atoms with Crippen molar-refractivity contribution in [2.45, 2.75) is 0 Å². The molecule has 0 aliphatic heterocycles. The predicted molar refractivity (Wildman–Crippen MR) is 184 cm³/mol. The molecule has 0 unspecified atom stereocenters. The Morgan fingerprint density at radius 1 is 0.391 bits per heavy atom. The van der Waals surface area contributed by atoms with Gasteiger partial charge in [-0.3, -0.25) is 0 Å². The van der Waals surface area contributed by atoms with E-state index in [1.807, 2.05) is 84.9 Å². The minimum absolute atomic E-state index is 0.573. The average molecular weight is 592 g/mol. The van der Waals surface area contributed by atoms with Gasteiger partial charge in [0.25, 0.3) is 0 Å². The van der Waals surface area contributed by atoms with Crippen molar-refractivity contribution in [2.24, 2.45) is 0 Å². The number of rotatable bonds is 5. The number of aromatic nitrogens is 3. The third-order valence-electron chi connectivity index (χ3n) is 8.34. The number of para-hydroxylation sites is 2. The van der Waals surface area contributed by atoms with Crippen LogP contribution in [0.25, 0.3) is 89.5 Å². The van der Waals surface area contributed by atoms with Gasteiger partial charge in [0, 0.05) is 33.0 Å². The van der Waals surface area contributed by atoms with E-state index in [0.717, 1.165) is 77.8 Å². The molecule has 0 fully saturated rings. The number of nitrogens with zero attached hydrogens (tertiary/aromatic N) is 3. The second-order valence-electron chi connectivity index (χ2n) is 11.3. The van der Waals surface area contributed by atoms with Gasteiger partial charge in [0.15, 0.2) is 11.4 Å². The Morgan fingerprint density at radius 2 is 1.09 bits per heavy atom. The van der Waals surface area contributed by atoms with Crippen molar-refractivity contribution >= 4 is 33.0 Å². The minimum Gasteiger partial charge on any atom is -0.456 e. The van der Waals surface area contributed by atoms with Gasteiger partial charge in [0.1, 0.15) is 16.7 Å². The van der Waals surface area contributed by atoms with E-state index in [1.165, 1.54) is 0 Å².